The number of fused-ring (bicyclic) bond motifs is 1. The second kappa shape index (κ2) is 10.9. The van der Waals surface area contributed by atoms with Crippen LogP contribution in [0.15, 0.2) is 90.1 Å². The monoisotopic (exact) mass is 496 g/mol. The van der Waals surface area contributed by atoms with Crippen LogP contribution in [-0.4, -0.2) is 39.3 Å². The fraction of sp³-hybridized carbons (Fsp3) is 0.214. The zero-order valence-corrected chi connectivity index (χ0v) is 20.7. The quantitative estimate of drug-likeness (QED) is 0.348. The molecule has 1 aliphatic rings. The highest BCUT2D eigenvalue weighted by Gasteiger charge is 2.34. The molecule has 5 rings (SSSR count). The maximum atomic E-state index is 13.6. The van der Waals surface area contributed by atoms with Crippen LogP contribution < -0.4 is 20.1 Å². The molecule has 0 fully saturated rings. The molecule has 0 aliphatic carbocycles. The molecule has 3 aromatic carbocycles. The van der Waals surface area contributed by atoms with E-state index in [0.29, 0.717) is 41.9 Å². The van der Waals surface area contributed by atoms with Gasteiger partial charge in [-0.15, -0.1) is 0 Å². The minimum Gasteiger partial charge on any atom is -0.493 e. The number of carbonyl (C=O) groups excluding carboxylic acids is 1. The summed E-state index contributed by atoms with van der Waals surface area (Å²) in [5.74, 6) is 1.56. The smallest absolute Gasteiger partial charge is 0.255 e. The van der Waals surface area contributed by atoms with Gasteiger partial charge in [-0.3, -0.25) is 4.79 Å². The van der Waals surface area contributed by atoms with Gasteiger partial charge < -0.3 is 20.1 Å². The van der Waals surface area contributed by atoms with Gasteiger partial charge >= 0.3 is 0 Å². The largest absolute Gasteiger partial charge is 0.493 e. The van der Waals surface area contributed by atoms with Crippen molar-refractivity contribution in [2.24, 2.45) is 0 Å². The molecule has 2 N–H and O–H groups in total. The number of allylic oxidation sites excluding steroid dienone is 1. The van der Waals surface area contributed by atoms with E-state index in [0.717, 1.165) is 17.7 Å². The van der Waals surface area contributed by atoms with Crippen molar-refractivity contribution in [2.75, 3.05) is 23.8 Å². The Hall–Kier alpha value is -4.66. The van der Waals surface area contributed by atoms with Crippen LogP contribution in [0.2, 0.25) is 0 Å². The number of nitrogens with zero attached hydrogens (tertiary/aromatic N) is 4. The highest BCUT2D eigenvalue weighted by Crippen LogP contribution is 2.36. The van der Waals surface area contributed by atoms with Crippen molar-refractivity contribution in [3.05, 3.63) is 101 Å². The first-order valence-corrected chi connectivity index (χ1v) is 12.2. The Labute approximate surface area is 215 Å². The summed E-state index contributed by atoms with van der Waals surface area (Å²) in [7, 11) is 0. The summed E-state index contributed by atoms with van der Waals surface area (Å²) in [6, 6.07) is 24.7. The molecule has 1 atom stereocenters. The Balaban J connectivity index is 1.38. The number of ether oxygens (including phenoxy) is 2. The van der Waals surface area contributed by atoms with Crippen LogP contribution in [0.1, 0.15) is 31.0 Å². The molecule has 1 unspecified atom stereocenters. The summed E-state index contributed by atoms with van der Waals surface area (Å²) in [5, 5.41) is 18.2. The zero-order chi connectivity index (χ0) is 25.6. The lowest BCUT2D eigenvalue weighted by Gasteiger charge is -2.28. The average Bonchev–Trinajstić information content (AvgIpc) is 3.38. The number of hydrogen-bond acceptors (Lipinski definition) is 7. The predicted octanol–water partition coefficient (Wildman–Crippen LogP) is 4.62. The number of anilines is 2. The molecule has 4 aromatic rings. The van der Waals surface area contributed by atoms with E-state index in [2.05, 4.69) is 38.3 Å². The number of tetrazole rings is 1. The summed E-state index contributed by atoms with van der Waals surface area (Å²) in [6.07, 6.45) is 0.820. The van der Waals surface area contributed by atoms with Gasteiger partial charge in [0.25, 0.3) is 5.91 Å². The minimum atomic E-state index is -0.524. The molecule has 0 saturated heterocycles. The van der Waals surface area contributed by atoms with Gasteiger partial charge in [-0.05, 0) is 59.7 Å². The van der Waals surface area contributed by atoms with E-state index in [1.807, 2.05) is 80.6 Å². The van der Waals surface area contributed by atoms with Crippen molar-refractivity contribution < 1.29 is 14.3 Å². The normalized spacial score (nSPS) is 14.5. The van der Waals surface area contributed by atoms with Crippen LogP contribution in [0.25, 0.3) is 0 Å². The fourth-order valence-electron chi connectivity index (χ4n) is 4.33. The highest BCUT2D eigenvalue weighted by atomic mass is 16.5. The summed E-state index contributed by atoms with van der Waals surface area (Å²) < 4.78 is 13.2. The van der Waals surface area contributed by atoms with Crippen LogP contribution in [0.4, 0.5) is 11.6 Å². The van der Waals surface area contributed by atoms with Gasteiger partial charge in [-0.2, -0.15) is 4.68 Å². The topological polar surface area (TPSA) is 103 Å². The maximum absolute atomic E-state index is 13.6. The van der Waals surface area contributed by atoms with Gasteiger partial charge in [-0.25, -0.2) is 0 Å². The Morgan fingerprint density at radius 1 is 1.00 bits per heavy atom. The van der Waals surface area contributed by atoms with E-state index >= 15 is 0 Å². The number of amides is 1. The third-order valence-corrected chi connectivity index (χ3v) is 6.09. The lowest BCUT2D eigenvalue weighted by atomic mass is 9.95. The zero-order valence-electron chi connectivity index (χ0n) is 20.7. The Morgan fingerprint density at radius 2 is 1.76 bits per heavy atom. The van der Waals surface area contributed by atoms with E-state index < -0.39 is 6.04 Å². The second-order valence-corrected chi connectivity index (χ2v) is 8.55. The molecule has 0 saturated carbocycles. The lowest BCUT2D eigenvalue weighted by Crippen LogP contribution is -2.31. The molecule has 0 spiro atoms. The van der Waals surface area contributed by atoms with Gasteiger partial charge in [-0.1, -0.05) is 59.7 Å². The number of hydrogen-bond donors (Lipinski definition) is 2. The van der Waals surface area contributed by atoms with Crippen molar-refractivity contribution in [3.8, 4) is 11.5 Å². The van der Waals surface area contributed by atoms with Gasteiger partial charge in [0.1, 0.15) is 17.5 Å². The molecule has 0 radical (unpaired) electrons. The highest BCUT2D eigenvalue weighted by molar-refractivity contribution is 6.06. The SMILES string of the molecule is CCOc1ccccc1NC(=O)C1=C(C)Nc2nnnn2C1c1ccc(OCCc2ccccc2)cc1. The van der Waals surface area contributed by atoms with Gasteiger partial charge in [0, 0.05) is 12.1 Å². The lowest BCUT2D eigenvalue weighted by molar-refractivity contribution is -0.113. The summed E-state index contributed by atoms with van der Waals surface area (Å²) in [5.41, 5.74) is 3.85. The number of nitrogens with one attached hydrogen (secondary N) is 2. The third kappa shape index (κ3) is 5.30. The van der Waals surface area contributed by atoms with Gasteiger partial charge in [0.2, 0.25) is 5.95 Å². The standard InChI is InChI=1S/C28H28N6O3/c1-3-36-24-12-8-7-11-23(24)30-27(35)25-19(2)29-28-31-32-33-34(28)26(25)21-13-15-22(16-14-21)37-18-17-20-9-5-4-6-10-20/h4-16,26H,3,17-18H2,1-2H3,(H,30,35)(H,29,31,33). The van der Waals surface area contributed by atoms with Crippen molar-refractivity contribution >= 4 is 17.5 Å². The molecule has 2 heterocycles. The molecular formula is C28H28N6O3. The van der Waals surface area contributed by atoms with Gasteiger partial charge in [0.15, 0.2) is 0 Å². The van der Waals surface area contributed by atoms with E-state index in [9.17, 15) is 4.79 Å². The van der Waals surface area contributed by atoms with Crippen LogP contribution in [0, 0.1) is 0 Å². The molecule has 37 heavy (non-hydrogen) atoms. The first-order chi connectivity index (χ1) is 18.1. The number of para-hydroxylation sites is 2. The van der Waals surface area contributed by atoms with Gasteiger partial charge in [0.05, 0.1) is 24.5 Å². The molecular weight excluding hydrogens is 468 g/mol. The number of benzene rings is 3. The molecule has 188 valence electrons. The Bertz CT molecular complexity index is 1400. The number of carbonyl (C=O) groups is 1. The number of rotatable bonds is 9. The van der Waals surface area contributed by atoms with Crippen molar-refractivity contribution in [1.29, 1.82) is 0 Å². The van der Waals surface area contributed by atoms with Crippen molar-refractivity contribution in [3.63, 3.8) is 0 Å². The van der Waals surface area contributed by atoms with E-state index in [4.69, 9.17) is 9.47 Å². The maximum Gasteiger partial charge on any atom is 0.255 e. The molecule has 9 nitrogen and oxygen atoms in total. The first-order valence-electron chi connectivity index (χ1n) is 12.2. The van der Waals surface area contributed by atoms with Crippen LogP contribution in [0.3, 0.4) is 0 Å². The third-order valence-electron chi connectivity index (χ3n) is 6.09. The fourth-order valence-corrected chi connectivity index (χ4v) is 4.33. The molecule has 1 amide bonds. The first kappa shape index (κ1) is 24.1. The second-order valence-electron chi connectivity index (χ2n) is 8.55. The van der Waals surface area contributed by atoms with Crippen molar-refractivity contribution in [2.45, 2.75) is 26.3 Å². The molecule has 0 bridgehead atoms. The molecule has 1 aliphatic heterocycles. The summed E-state index contributed by atoms with van der Waals surface area (Å²) in [6.45, 7) is 4.81. The Morgan fingerprint density at radius 3 is 2.54 bits per heavy atom. The molecule has 1 aromatic heterocycles. The minimum absolute atomic E-state index is 0.272. The Kier molecular flexibility index (Phi) is 7.12. The van der Waals surface area contributed by atoms with E-state index in [1.165, 1.54) is 5.56 Å². The number of aromatic nitrogens is 4. The van der Waals surface area contributed by atoms with Crippen LogP contribution in [0.5, 0.6) is 11.5 Å². The predicted molar refractivity (Wildman–Crippen MR) is 141 cm³/mol. The van der Waals surface area contributed by atoms with Crippen LogP contribution >= 0.6 is 0 Å². The summed E-state index contributed by atoms with van der Waals surface area (Å²) >= 11 is 0. The summed E-state index contributed by atoms with van der Waals surface area (Å²) in [4.78, 5) is 13.6. The molecule has 9 heteroatoms. The van der Waals surface area contributed by atoms with Crippen molar-refractivity contribution in [1.82, 2.24) is 20.2 Å². The van der Waals surface area contributed by atoms with E-state index in [1.54, 1.807) is 4.68 Å². The average molecular weight is 497 g/mol. The van der Waals surface area contributed by atoms with Crippen LogP contribution in [-0.2, 0) is 11.2 Å². The van der Waals surface area contributed by atoms with E-state index in [-0.39, 0.29) is 5.91 Å².